The quantitative estimate of drug-likeness (QED) is 0.449. The summed E-state index contributed by atoms with van der Waals surface area (Å²) in [5.74, 6) is 6.50. The first-order chi connectivity index (χ1) is 8.76. The van der Waals surface area contributed by atoms with Crippen molar-refractivity contribution in [3.63, 3.8) is 0 Å². The lowest BCUT2D eigenvalue weighted by molar-refractivity contribution is -0.118. The molecule has 1 amide bonds. The molecule has 0 saturated heterocycles. The average Bonchev–Trinajstić information content (AvgIpc) is 2.25. The summed E-state index contributed by atoms with van der Waals surface area (Å²) in [6.45, 7) is 7.82. The first kappa shape index (κ1) is 15.2. The van der Waals surface area contributed by atoms with Gasteiger partial charge in [-0.05, 0) is 19.8 Å². The van der Waals surface area contributed by atoms with Crippen LogP contribution in [-0.4, -0.2) is 21.4 Å². The predicted octanol–water partition coefficient (Wildman–Crippen LogP) is 0.951. The number of nitrogens with zero attached hydrogens (tertiary/aromatic N) is 2. The first-order valence-electron chi connectivity index (χ1n) is 6.15. The molecule has 0 unspecified atom stereocenters. The van der Waals surface area contributed by atoms with Crippen LogP contribution in [0.2, 0.25) is 0 Å². The number of hydrogen-bond acceptors (Lipinski definition) is 6. The van der Waals surface area contributed by atoms with Gasteiger partial charge in [-0.15, -0.1) is 0 Å². The topological polar surface area (TPSA) is 119 Å². The van der Waals surface area contributed by atoms with Crippen molar-refractivity contribution >= 4 is 17.5 Å². The monoisotopic (exact) mass is 266 g/mol. The van der Waals surface area contributed by atoms with Gasteiger partial charge in [-0.3, -0.25) is 4.79 Å². The first-order valence-corrected chi connectivity index (χ1v) is 6.15. The summed E-state index contributed by atoms with van der Waals surface area (Å²) in [4.78, 5) is 19.4. The third-order valence-corrected chi connectivity index (χ3v) is 2.67. The molecule has 106 valence electrons. The van der Waals surface area contributed by atoms with Crippen LogP contribution in [0.15, 0.2) is 6.33 Å². The molecule has 0 aliphatic rings. The maximum Gasteiger partial charge on any atom is 0.219 e. The van der Waals surface area contributed by atoms with Gasteiger partial charge < -0.3 is 16.5 Å². The number of hydrogen-bond donors (Lipinski definition) is 4. The minimum absolute atomic E-state index is 0.180. The summed E-state index contributed by atoms with van der Waals surface area (Å²) >= 11 is 0. The molecule has 0 spiro atoms. The molecular weight excluding hydrogens is 244 g/mol. The van der Waals surface area contributed by atoms with Crippen molar-refractivity contribution in [1.82, 2.24) is 9.97 Å². The Balaban J connectivity index is 3.10. The lowest BCUT2D eigenvalue weighted by atomic mass is 9.98. The van der Waals surface area contributed by atoms with Crippen LogP contribution in [0.25, 0.3) is 0 Å². The molecule has 0 atom stereocenters. The number of primary amides is 1. The van der Waals surface area contributed by atoms with Crippen LogP contribution in [-0.2, 0) is 4.79 Å². The lowest BCUT2D eigenvalue weighted by Crippen LogP contribution is -2.37. The molecule has 1 aromatic rings. The Kier molecular flexibility index (Phi) is 4.66. The summed E-state index contributed by atoms with van der Waals surface area (Å²) in [7, 11) is 0. The Morgan fingerprint density at radius 1 is 1.37 bits per heavy atom. The van der Waals surface area contributed by atoms with Crippen molar-refractivity contribution in [3.05, 3.63) is 11.9 Å². The molecule has 0 bridgehead atoms. The largest absolute Gasteiger partial charge is 0.370 e. The number of amides is 1. The lowest BCUT2D eigenvalue weighted by Gasteiger charge is -2.27. The fraction of sp³-hybridized carbons (Fsp3) is 0.583. The fourth-order valence-electron chi connectivity index (χ4n) is 1.96. The van der Waals surface area contributed by atoms with Crippen molar-refractivity contribution in [3.8, 4) is 0 Å². The summed E-state index contributed by atoms with van der Waals surface area (Å²) in [5.41, 5.74) is 8.19. The van der Waals surface area contributed by atoms with E-state index < -0.39 is 5.54 Å². The molecule has 6 N–H and O–H groups in total. The summed E-state index contributed by atoms with van der Waals surface area (Å²) < 4.78 is 0. The van der Waals surface area contributed by atoms with E-state index >= 15 is 0 Å². The van der Waals surface area contributed by atoms with E-state index in [1.165, 1.54) is 6.33 Å². The van der Waals surface area contributed by atoms with E-state index in [-0.39, 0.29) is 18.2 Å². The van der Waals surface area contributed by atoms with Gasteiger partial charge in [0.2, 0.25) is 5.91 Å². The van der Waals surface area contributed by atoms with Gasteiger partial charge in [0.15, 0.2) is 0 Å². The molecule has 0 fully saturated rings. The van der Waals surface area contributed by atoms with Gasteiger partial charge >= 0.3 is 0 Å². The molecule has 0 saturated carbocycles. The number of carbonyl (C=O) groups excluding carboxylic acids is 1. The zero-order valence-corrected chi connectivity index (χ0v) is 11.8. The minimum Gasteiger partial charge on any atom is -0.370 e. The number of nitrogens with two attached hydrogens (primary N) is 2. The third kappa shape index (κ3) is 4.06. The van der Waals surface area contributed by atoms with E-state index in [0.29, 0.717) is 11.6 Å². The van der Waals surface area contributed by atoms with Crippen LogP contribution in [0.5, 0.6) is 0 Å². The highest BCUT2D eigenvalue weighted by molar-refractivity contribution is 5.75. The van der Waals surface area contributed by atoms with E-state index in [0.717, 1.165) is 5.56 Å². The highest BCUT2D eigenvalue weighted by Crippen LogP contribution is 2.30. The Labute approximate surface area is 113 Å². The second-order valence-electron chi connectivity index (χ2n) is 5.44. The molecule has 1 heterocycles. The van der Waals surface area contributed by atoms with Crippen LogP contribution in [0.3, 0.4) is 0 Å². The Hall–Kier alpha value is -1.89. The number of nitrogens with one attached hydrogen (secondary N) is 2. The Morgan fingerprint density at radius 2 is 1.95 bits per heavy atom. The normalized spacial score (nSPS) is 11.5. The molecule has 7 nitrogen and oxygen atoms in total. The van der Waals surface area contributed by atoms with Crippen LogP contribution in [0, 0.1) is 0 Å². The molecule has 0 aromatic carbocycles. The number of carbonyl (C=O) groups is 1. The van der Waals surface area contributed by atoms with E-state index in [4.69, 9.17) is 11.6 Å². The predicted molar refractivity (Wildman–Crippen MR) is 75.4 cm³/mol. The standard InChI is InChI=1S/C12H22N6O/c1-7(2)9-10(15-6-16-11(9)18-14)17-12(3,4)5-8(13)19/h6-7H,5,14H2,1-4H3,(H2,13,19)(H2,15,16,17,18). The van der Waals surface area contributed by atoms with E-state index in [1.54, 1.807) is 0 Å². The van der Waals surface area contributed by atoms with Crippen LogP contribution < -0.4 is 22.3 Å². The highest BCUT2D eigenvalue weighted by Gasteiger charge is 2.24. The molecule has 7 heteroatoms. The van der Waals surface area contributed by atoms with Gasteiger partial charge in [0, 0.05) is 17.5 Å². The summed E-state index contributed by atoms with van der Waals surface area (Å²) in [6.07, 6.45) is 1.63. The number of rotatable bonds is 6. The zero-order valence-electron chi connectivity index (χ0n) is 11.8. The van der Waals surface area contributed by atoms with Gasteiger partial charge in [-0.1, -0.05) is 13.8 Å². The van der Waals surface area contributed by atoms with E-state index in [2.05, 4.69) is 20.7 Å². The molecule has 0 aliphatic heterocycles. The maximum absolute atomic E-state index is 11.1. The van der Waals surface area contributed by atoms with Crippen LogP contribution >= 0.6 is 0 Å². The fourth-order valence-corrected chi connectivity index (χ4v) is 1.96. The second-order valence-corrected chi connectivity index (χ2v) is 5.44. The van der Waals surface area contributed by atoms with E-state index in [1.807, 2.05) is 27.7 Å². The van der Waals surface area contributed by atoms with Crippen molar-refractivity contribution < 1.29 is 4.79 Å². The third-order valence-electron chi connectivity index (χ3n) is 2.67. The van der Waals surface area contributed by atoms with Crippen LogP contribution in [0.4, 0.5) is 11.6 Å². The minimum atomic E-state index is -0.490. The molecule has 1 aromatic heterocycles. The van der Waals surface area contributed by atoms with Gasteiger partial charge in [-0.2, -0.15) is 0 Å². The summed E-state index contributed by atoms with van der Waals surface area (Å²) in [5, 5.41) is 3.23. The second kappa shape index (κ2) is 5.83. The van der Waals surface area contributed by atoms with Crippen molar-refractivity contribution in [2.45, 2.75) is 45.6 Å². The van der Waals surface area contributed by atoms with Crippen molar-refractivity contribution in [1.29, 1.82) is 0 Å². The average molecular weight is 266 g/mol. The zero-order chi connectivity index (χ0) is 14.6. The molecule has 1 rings (SSSR count). The van der Waals surface area contributed by atoms with Gasteiger partial charge in [-0.25, -0.2) is 15.8 Å². The Bertz CT molecular complexity index is 458. The maximum atomic E-state index is 11.1. The number of aromatic nitrogens is 2. The number of anilines is 2. The SMILES string of the molecule is CC(C)c1c(NN)ncnc1NC(C)(C)CC(N)=O. The van der Waals surface area contributed by atoms with E-state index in [9.17, 15) is 4.79 Å². The number of hydrazine groups is 1. The molecule has 0 radical (unpaired) electrons. The van der Waals surface area contributed by atoms with Gasteiger partial charge in [0.1, 0.15) is 18.0 Å². The molecule has 0 aliphatic carbocycles. The highest BCUT2D eigenvalue weighted by atomic mass is 16.1. The number of nitrogen functional groups attached to an aromatic ring is 1. The van der Waals surface area contributed by atoms with Gasteiger partial charge in [0.25, 0.3) is 0 Å². The van der Waals surface area contributed by atoms with Crippen molar-refractivity contribution in [2.75, 3.05) is 10.7 Å². The van der Waals surface area contributed by atoms with Gasteiger partial charge in [0.05, 0.1) is 0 Å². The smallest absolute Gasteiger partial charge is 0.219 e. The van der Waals surface area contributed by atoms with Crippen molar-refractivity contribution in [2.24, 2.45) is 11.6 Å². The Morgan fingerprint density at radius 3 is 2.42 bits per heavy atom. The summed E-state index contributed by atoms with van der Waals surface area (Å²) in [6, 6.07) is 0. The molecular formula is C12H22N6O. The van der Waals surface area contributed by atoms with Crippen LogP contribution in [0.1, 0.15) is 45.6 Å². The molecule has 19 heavy (non-hydrogen) atoms.